The Hall–Kier alpha value is -3.02. The van der Waals surface area contributed by atoms with Crippen molar-refractivity contribution in [3.63, 3.8) is 0 Å². The molecule has 0 fully saturated rings. The molecule has 1 N–H and O–H groups in total. The highest BCUT2D eigenvalue weighted by atomic mass is 35.5. The van der Waals surface area contributed by atoms with E-state index in [9.17, 15) is 4.79 Å². The molecule has 0 unspecified atom stereocenters. The molecule has 5 nitrogen and oxygen atoms in total. The maximum atomic E-state index is 12.7. The molecule has 0 aliphatic carbocycles. The van der Waals surface area contributed by atoms with Crippen molar-refractivity contribution >= 4 is 23.2 Å². The molecule has 28 heavy (non-hydrogen) atoms. The van der Waals surface area contributed by atoms with Crippen LogP contribution in [0.4, 0.5) is 5.69 Å². The number of anilines is 1. The van der Waals surface area contributed by atoms with E-state index in [-0.39, 0.29) is 19.3 Å². The van der Waals surface area contributed by atoms with Gasteiger partial charge in [0.05, 0.1) is 12.2 Å². The van der Waals surface area contributed by atoms with E-state index in [1.54, 1.807) is 24.3 Å². The summed E-state index contributed by atoms with van der Waals surface area (Å²) in [6, 6.07) is 20.0. The molecule has 1 aliphatic rings. The predicted molar refractivity (Wildman–Crippen MR) is 107 cm³/mol. The van der Waals surface area contributed by atoms with Crippen LogP contribution in [0.15, 0.2) is 66.7 Å². The van der Waals surface area contributed by atoms with Crippen LogP contribution in [0.5, 0.6) is 11.5 Å². The second-order valence-corrected chi connectivity index (χ2v) is 6.71. The van der Waals surface area contributed by atoms with Crippen LogP contribution in [0, 0.1) is 0 Å². The van der Waals surface area contributed by atoms with Gasteiger partial charge in [0.2, 0.25) is 0 Å². The lowest BCUT2D eigenvalue weighted by Crippen LogP contribution is -2.15. The molecule has 1 aliphatic heterocycles. The van der Waals surface area contributed by atoms with Crippen LogP contribution in [0.3, 0.4) is 0 Å². The van der Waals surface area contributed by atoms with Crippen LogP contribution in [-0.2, 0) is 18.0 Å². The first-order valence-electron chi connectivity index (χ1n) is 8.81. The van der Waals surface area contributed by atoms with Crippen LogP contribution in [0.2, 0.25) is 5.02 Å². The first kappa shape index (κ1) is 18.3. The molecule has 0 bridgehead atoms. The maximum absolute atomic E-state index is 12.7. The quantitative estimate of drug-likeness (QED) is 0.657. The van der Waals surface area contributed by atoms with Crippen LogP contribution >= 0.6 is 11.6 Å². The molecule has 0 aromatic heterocycles. The first-order valence-corrected chi connectivity index (χ1v) is 9.18. The van der Waals surface area contributed by atoms with Crippen LogP contribution in [-0.4, -0.2) is 12.7 Å². The molecule has 4 rings (SSSR count). The Labute approximate surface area is 167 Å². The lowest BCUT2D eigenvalue weighted by Gasteiger charge is -2.21. The zero-order valence-corrected chi connectivity index (χ0v) is 15.7. The number of fused-ring (bicyclic) bond motifs is 1. The maximum Gasteiger partial charge on any atom is 0.259 e. The van der Waals surface area contributed by atoms with Gasteiger partial charge in [-0.15, -0.1) is 0 Å². The van der Waals surface area contributed by atoms with Crippen molar-refractivity contribution < 1.29 is 19.0 Å². The number of rotatable bonds is 5. The van der Waals surface area contributed by atoms with Crippen molar-refractivity contribution in [2.75, 3.05) is 12.1 Å². The van der Waals surface area contributed by atoms with Gasteiger partial charge in [-0.25, -0.2) is 0 Å². The fraction of sp³-hybridized carbons (Fsp3) is 0.136. The number of carbonyl (C=O) groups is 1. The highest BCUT2D eigenvalue weighted by Gasteiger charge is 2.18. The van der Waals surface area contributed by atoms with Crippen molar-refractivity contribution in [3.05, 3.63) is 88.4 Å². The highest BCUT2D eigenvalue weighted by molar-refractivity contribution is 6.30. The Bertz CT molecular complexity index is 991. The summed E-state index contributed by atoms with van der Waals surface area (Å²) in [5.41, 5.74) is 2.86. The summed E-state index contributed by atoms with van der Waals surface area (Å²) in [5, 5.41) is 3.46. The molecule has 1 amide bonds. The van der Waals surface area contributed by atoms with E-state index < -0.39 is 0 Å². The smallest absolute Gasteiger partial charge is 0.259 e. The minimum Gasteiger partial charge on any atom is -0.488 e. The first-order chi connectivity index (χ1) is 13.7. The SMILES string of the molecule is O=C(Nc1ccccc1)c1ccccc1OCc1cc(Cl)cc2c1OCOC2. The van der Waals surface area contributed by atoms with Gasteiger partial charge < -0.3 is 19.5 Å². The molecule has 3 aromatic carbocycles. The van der Waals surface area contributed by atoms with Gasteiger partial charge in [-0.1, -0.05) is 41.9 Å². The summed E-state index contributed by atoms with van der Waals surface area (Å²) in [4.78, 5) is 12.7. The second kappa shape index (κ2) is 8.33. The monoisotopic (exact) mass is 395 g/mol. The van der Waals surface area contributed by atoms with Crippen molar-refractivity contribution in [1.29, 1.82) is 0 Å². The van der Waals surface area contributed by atoms with Gasteiger partial charge in [0, 0.05) is 21.8 Å². The molecule has 6 heteroatoms. The molecule has 142 valence electrons. The van der Waals surface area contributed by atoms with Crippen LogP contribution in [0.1, 0.15) is 21.5 Å². The van der Waals surface area contributed by atoms with Gasteiger partial charge in [-0.3, -0.25) is 4.79 Å². The average molecular weight is 396 g/mol. The van der Waals surface area contributed by atoms with E-state index in [0.717, 1.165) is 22.6 Å². The molecule has 0 saturated heterocycles. The summed E-state index contributed by atoms with van der Waals surface area (Å²) in [5.74, 6) is 0.971. The van der Waals surface area contributed by atoms with Crippen molar-refractivity contribution in [3.8, 4) is 11.5 Å². The molecule has 1 heterocycles. The molecule has 0 radical (unpaired) electrons. The van der Waals surface area contributed by atoms with Gasteiger partial charge in [0.1, 0.15) is 18.1 Å². The number of hydrogen-bond acceptors (Lipinski definition) is 4. The summed E-state index contributed by atoms with van der Waals surface area (Å²) in [7, 11) is 0. The number of amides is 1. The molecule has 0 saturated carbocycles. The Balaban J connectivity index is 1.54. The summed E-state index contributed by atoms with van der Waals surface area (Å²) in [6.07, 6.45) is 0. The minimum absolute atomic E-state index is 0.192. The number of nitrogens with one attached hydrogen (secondary N) is 1. The summed E-state index contributed by atoms with van der Waals surface area (Å²) < 4.78 is 16.9. The van der Waals surface area contributed by atoms with Gasteiger partial charge in [0.15, 0.2) is 6.79 Å². The normalized spacial score (nSPS) is 12.6. The third-order valence-corrected chi connectivity index (χ3v) is 4.52. The van der Waals surface area contributed by atoms with Crippen LogP contribution < -0.4 is 14.8 Å². The van der Waals surface area contributed by atoms with Crippen LogP contribution in [0.25, 0.3) is 0 Å². The van der Waals surface area contributed by atoms with E-state index >= 15 is 0 Å². The van der Waals surface area contributed by atoms with Crippen molar-refractivity contribution in [2.45, 2.75) is 13.2 Å². The Morgan fingerprint density at radius 2 is 1.86 bits per heavy atom. The van der Waals surface area contributed by atoms with Gasteiger partial charge in [-0.05, 0) is 36.4 Å². The Morgan fingerprint density at radius 3 is 2.71 bits per heavy atom. The zero-order valence-electron chi connectivity index (χ0n) is 15.0. The largest absolute Gasteiger partial charge is 0.488 e. The second-order valence-electron chi connectivity index (χ2n) is 6.27. The number of carbonyl (C=O) groups excluding carboxylic acids is 1. The van der Waals surface area contributed by atoms with Crippen molar-refractivity contribution in [1.82, 2.24) is 0 Å². The number of halogens is 1. The third kappa shape index (κ3) is 4.11. The standard InChI is InChI=1S/C22H18ClNO4/c23-17-10-15-12-26-14-28-21(15)16(11-17)13-27-20-9-5-4-8-19(20)22(25)24-18-6-2-1-3-7-18/h1-11H,12-14H2,(H,24,25). The van der Waals surface area contributed by atoms with E-state index in [1.807, 2.05) is 42.5 Å². The number of benzene rings is 3. The Morgan fingerprint density at radius 1 is 1.07 bits per heavy atom. The van der Waals surface area contributed by atoms with E-state index in [4.69, 9.17) is 25.8 Å². The van der Waals surface area contributed by atoms with Gasteiger partial charge in [0.25, 0.3) is 5.91 Å². The number of hydrogen-bond donors (Lipinski definition) is 1. The van der Waals surface area contributed by atoms with Gasteiger partial charge >= 0.3 is 0 Å². The third-order valence-electron chi connectivity index (χ3n) is 4.30. The molecular formula is C22H18ClNO4. The molecule has 0 spiro atoms. The fourth-order valence-electron chi connectivity index (χ4n) is 3.02. The average Bonchev–Trinajstić information content (AvgIpc) is 2.73. The van der Waals surface area contributed by atoms with Gasteiger partial charge in [-0.2, -0.15) is 0 Å². The zero-order chi connectivity index (χ0) is 19.3. The lowest BCUT2D eigenvalue weighted by atomic mass is 10.1. The number of ether oxygens (including phenoxy) is 3. The minimum atomic E-state index is -0.237. The Kier molecular flexibility index (Phi) is 5.46. The summed E-state index contributed by atoms with van der Waals surface area (Å²) in [6.45, 7) is 0.856. The molecule has 3 aromatic rings. The predicted octanol–water partition coefficient (Wildman–Crippen LogP) is 5.04. The lowest BCUT2D eigenvalue weighted by molar-refractivity contribution is -0.0175. The highest BCUT2D eigenvalue weighted by Crippen LogP contribution is 2.32. The molecular weight excluding hydrogens is 378 g/mol. The summed E-state index contributed by atoms with van der Waals surface area (Å²) >= 11 is 6.20. The van der Waals surface area contributed by atoms with E-state index in [1.165, 1.54) is 0 Å². The number of para-hydroxylation sites is 2. The molecule has 0 atom stereocenters. The van der Waals surface area contributed by atoms with Crippen molar-refractivity contribution in [2.24, 2.45) is 0 Å². The topological polar surface area (TPSA) is 56.8 Å². The van der Waals surface area contributed by atoms with E-state index in [2.05, 4.69) is 5.32 Å². The fourth-order valence-corrected chi connectivity index (χ4v) is 3.28. The van der Waals surface area contributed by atoms with E-state index in [0.29, 0.717) is 22.9 Å².